The summed E-state index contributed by atoms with van der Waals surface area (Å²) >= 11 is 12.3. The molecule has 1 fully saturated rings. The summed E-state index contributed by atoms with van der Waals surface area (Å²) in [6.45, 7) is 1.90. The number of hydrogen-bond donors (Lipinski definition) is 1. The highest BCUT2D eigenvalue weighted by Crippen LogP contribution is 2.35. The Bertz CT molecular complexity index is 444. The van der Waals surface area contributed by atoms with Crippen molar-refractivity contribution in [2.75, 3.05) is 13.1 Å². The third kappa shape index (κ3) is 3.72. The number of esters is 1. The first kappa shape index (κ1) is 15.3. The molecule has 1 heterocycles. The molecular formula is C13H15Br2ClNO2+. The van der Waals surface area contributed by atoms with Crippen LogP contribution in [0.2, 0.25) is 5.02 Å². The van der Waals surface area contributed by atoms with Gasteiger partial charge >= 0.3 is 5.97 Å². The van der Waals surface area contributed by atoms with Crippen molar-refractivity contribution < 1.29 is 14.8 Å². The average Bonchev–Trinajstić information content (AvgIpc) is 2.40. The lowest BCUT2D eigenvalue weighted by atomic mass is 9.85. The Morgan fingerprint density at radius 3 is 2.37 bits per heavy atom. The van der Waals surface area contributed by atoms with Crippen LogP contribution in [-0.4, -0.2) is 22.8 Å². The number of carbonyl (C=O) groups is 1. The number of rotatable bonds is 3. The molecule has 1 aromatic carbocycles. The summed E-state index contributed by atoms with van der Waals surface area (Å²) in [4.78, 5) is 11.9. The zero-order valence-electron chi connectivity index (χ0n) is 10.2. The third-order valence-corrected chi connectivity index (χ3v) is 4.35. The predicted octanol–water partition coefficient (Wildman–Crippen LogP) is 2.55. The molecule has 1 aromatic rings. The average molecular weight is 413 g/mol. The van der Waals surface area contributed by atoms with E-state index in [4.69, 9.17) is 16.3 Å². The molecular weight excluding hydrogens is 397 g/mol. The zero-order valence-corrected chi connectivity index (χ0v) is 14.2. The van der Waals surface area contributed by atoms with E-state index in [1.807, 2.05) is 24.3 Å². The molecule has 0 aliphatic carbocycles. The van der Waals surface area contributed by atoms with Crippen molar-refractivity contribution in [3.8, 4) is 0 Å². The van der Waals surface area contributed by atoms with Crippen molar-refractivity contribution >= 4 is 49.4 Å². The van der Waals surface area contributed by atoms with Crippen LogP contribution in [0, 0.1) is 0 Å². The first-order valence-electron chi connectivity index (χ1n) is 6.12. The lowest BCUT2D eigenvalue weighted by molar-refractivity contribution is -0.668. The molecule has 0 unspecified atom stereocenters. The number of benzene rings is 1. The van der Waals surface area contributed by atoms with Crippen molar-refractivity contribution in [2.45, 2.75) is 22.2 Å². The highest BCUT2D eigenvalue weighted by atomic mass is 79.9. The van der Waals surface area contributed by atoms with Gasteiger partial charge in [-0.3, -0.25) is 0 Å². The fourth-order valence-corrected chi connectivity index (χ4v) is 2.69. The van der Waals surface area contributed by atoms with Gasteiger partial charge in [0.25, 0.3) is 0 Å². The van der Waals surface area contributed by atoms with Crippen molar-refractivity contribution in [3.05, 3.63) is 34.9 Å². The molecule has 6 heteroatoms. The topological polar surface area (TPSA) is 42.9 Å². The lowest BCUT2D eigenvalue weighted by Crippen LogP contribution is -2.87. The van der Waals surface area contributed by atoms with Crippen molar-refractivity contribution in [1.82, 2.24) is 0 Å². The van der Waals surface area contributed by atoms with Crippen LogP contribution in [-0.2, 0) is 15.1 Å². The molecule has 0 bridgehead atoms. The standard InChI is InChI=1S/C13H14Br2ClNO2/c14-11(15)12(18)19-13(5-7-17-8-6-13)9-1-3-10(16)4-2-9/h1-4,11,17H,5-8H2/p+1. The first-order chi connectivity index (χ1) is 9.03. The van der Waals surface area contributed by atoms with E-state index in [0.29, 0.717) is 5.02 Å². The van der Waals surface area contributed by atoms with Crippen molar-refractivity contribution in [2.24, 2.45) is 0 Å². The number of nitrogens with two attached hydrogens (primary N) is 1. The summed E-state index contributed by atoms with van der Waals surface area (Å²) in [6, 6.07) is 7.56. The highest BCUT2D eigenvalue weighted by Gasteiger charge is 2.40. The van der Waals surface area contributed by atoms with Crippen LogP contribution in [0.25, 0.3) is 0 Å². The molecule has 0 saturated carbocycles. The zero-order chi connectivity index (χ0) is 13.9. The maximum absolute atomic E-state index is 11.9. The van der Waals surface area contributed by atoms with Gasteiger partial charge in [0.1, 0.15) is 5.60 Å². The summed E-state index contributed by atoms with van der Waals surface area (Å²) in [5.74, 6) is -0.295. The van der Waals surface area contributed by atoms with Crippen LogP contribution in [0.3, 0.4) is 0 Å². The number of halogens is 3. The van der Waals surface area contributed by atoms with Gasteiger partial charge in [-0.05, 0) is 17.7 Å². The summed E-state index contributed by atoms with van der Waals surface area (Å²) in [5.41, 5.74) is 0.481. The van der Waals surface area contributed by atoms with Crippen LogP contribution in [0.1, 0.15) is 18.4 Å². The second-order valence-electron chi connectivity index (χ2n) is 4.59. The third-order valence-electron chi connectivity index (χ3n) is 3.35. The Morgan fingerprint density at radius 1 is 1.26 bits per heavy atom. The van der Waals surface area contributed by atoms with Crippen LogP contribution < -0.4 is 5.32 Å². The van der Waals surface area contributed by atoms with Crippen molar-refractivity contribution in [1.29, 1.82) is 0 Å². The van der Waals surface area contributed by atoms with Gasteiger partial charge in [0, 0.05) is 17.9 Å². The minimum Gasteiger partial charge on any atom is -0.452 e. The maximum atomic E-state index is 11.9. The number of ether oxygens (including phenoxy) is 1. The summed E-state index contributed by atoms with van der Waals surface area (Å²) in [5, 5.41) is 2.92. The Hall–Kier alpha value is -0.100. The molecule has 1 aliphatic rings. The van der Waals surface area contributed by atoms with E-state index in [9.17, 15) is 4.79 Å². The van der Waals surface area contributed by atoms with Gasteiger partial charge in [-0.15, -0.1) is 0 Å². The molecule has 2 rings (SSSR count). The first-order valence-corrected chi connectivity index (χ1v) is 8.33. The van der Waals surface area contributed by atoms with Gasteiger partial charge in [0.15, 0.2) is 3.74 Å². The Labute approximate surface area is 134 Å². The summed E-state index contributed by atoms with van der Waals surface area (Å²) < 4.78 is 5.29. The summed E-state index contributed by atoms with van der Waals surface area (Å²) in [6.07, 6.45) is 1.63. The van der Waals surface area contributed by atoms with Crippen LogP contribution in [0.15, 0.2) is 24.3 Å². The fraction of sp³-hybridized carbons (Fsp3) is 0.462. The number of hydrogen-bond acceptors (Lipinski definition) is 2. The van der Waals surface area contributed by atoms with Crippen LogP contribution >= 0.6 is 43.5 Å². The molecule has 0 atom stereocenters. The van der Waals surface area contributed by atoms with Crippen LogP contribution in [0.4, 0.5) is 0 Å². The maximum Gasteiger partial charge on any atom is 0.331 e. The quantitative estimate of drug-likeness (QED) is 0.613. The van der Waals surface area contributed by atoms with E-state index in [0.717, 1.165) is 31.5 Å². The van der Waals surface area contributed by atoms with E-state index in [-0.39, 0.29) is 5.97 Å². The second kappa shape index (κ2) is 6.57. The second-order valence-corrected chi connectivity index (χ2v) is 8.09. The highest BCUT2D eigenvalue weighted by molar-refractivity contribution is 9.25. The Balaban J connectivity index is 2.28. The molecule has 19 heavy (non-hydrogen) atoms. The lowest BCUT2D eigenvalue weighted by Gasteiger charge is -2.36. The molecule has 0 radical (unpaired) electrons. The monoisotopic (exact) mass is 410 g/mol. The van der Waals surface area contributed by atoms with Gasteiger partial charge in [-0.2, -0.15) is 0 Å². The van der Waals surface area contributed by atoms with Gasteiger partial charge in [-0.1, -0.05) is 55.6 Å². The molecule has 3 nitrogen and oxygen atoms in total. The SMILES string of the molecule is O=C(OC1(c2ccc(Cl)cc2)CC[NH2+]CC1)C(Br)Br. The number of quaternary nitrogens is 1. The van der Waals surface area contributed by atoms with E-state index in [2.05, 4.69) is 37.2 Å². The fourth-order valence-electron chi connectivity index (χ4n) is 2.38. The molecule has 104 valence electrons. The number of alkyl halides is 2. The van der Waals surface area contributed by atoms with E-state index < -0.39 is 9.34 Å². The van der Waals surface area contributed by atoms with Gasteiger partial charge in [-0.25, -0.2) is 4.79 Å². The minimum absolute atomic E-state index is 0.295. The molecule has 0 aromatic heterocycles. The normalized spacial score (nSPS) is 18.3. The molecule has 1 aliphatic heterocycles. The summed E-state index contributed by atoms with van der Waals surface area (Å²) in [7, 11) is 0. The van der Waals surface area contributed by atoms with E-state index in [1.54, 1.807) is 0 Å². The molecule has 2 N–H and O–H groups in total. The smallest absolute Gasteiger partial charge is 0.331 e. The van der Waals surface area contributed by atoms with Crippen LogP contribution in [0.5, 0.6) is 0 Å². The molecule has 0 amide bonds. The molecule has 1 saturated heterocycles. The Kier molecular flexibility index (Phi) is 5.29. The molecule has 0 spiro atoms. The largest absolute Gasteiger partial charge is 0.452 e. The van der Waals surface area contributed by atoms with Gasteiger partial charge in [0.2, 0.25) is 0 Å². The van der Waals surface area contributed by atoms with E-state index >= 15 is 0 Å². The van der Waals surface area contributed by atoms with E-state index in [1.165, 1.54) is 0 Å². The van der Waals surface area contributed by atoms with Crippen molar-refractivity contribution in [3.63, 3.8) is 0 Å². The van der Waals surface area contributed by atoms with Gasteiger partial charge in [0.05, 0.1) is 13.1 Å². The number of carbonyl (C=O) groups excluding carboxylic acids is 1. The minimum atomic E-state index is -0.532. The Morgan fingerprint density at radius 2 is 1.84 bits per heavy atom. The van der Waals surface area contributed by atoms with Gasteiger partial charge < -0.3 is 10.1 Å². The predicted molar refractivity (Wildman–Crippen MR) is 81.8 cm³/mol. The number of piperidine rings is 1.